The van der Waals surface area contributed by atoms with Crippen LogP contribution in [0.15, 0.2) is 30.6 Å². The summed E-state index contributed by atoms with van der Waals surface area (Å²) in [5.41, 5.74) is -0.648. The molecule has 2 rings (SSSR count). The number of benzene rings is 1. The highest BCUT2D eigenvalue weighted by Crippen LogP contribution is 2.42. The second-order valence-electron chi connectivity index (χ2n) is 3.38. The Hall–Kier alpha value is -1.13. The summed E-state index contributed by atoms with van der Waals surface area (Å²) in [5, 5.41) is 0.366. The Morgan fingerprint density at radius 3 is 2.12 bits per heavy atom. The maximum Gasteiger partial charge on any atom is 0.418 e. The molecule has 0 radical (unpaired) electrons. The van der Waals surface area contributed by atoms with Crippen LogP contribution in [0.25, 0.3) is 11.1 Å². The molecule has 6 heteroatoms. The number of aromatic amines is 1. The van der Waals surface area contributed by atoms with Gasteiger partial charge >= 0.3 is 6.18 Å². The molecule has 0 atom stereocenters. The van der Waals surface area contributed by atoms with Crippen molar-refractivity contribution < 1.29 is 13.2 Å². The Morgan fingerprint density at radius 2 is 1.59 bits per heavy atom. The summed E-state index contributed by atoms with van der Waals surface area (Å²) in [4.78, 5) is 2.42. The van der Waals surface area contributed by atoms with Crippen molar-refractivity contribution in [2.45, 2.75) is 6.18 Å². The van der Waals surface area contributed by atoms with Crippen molar-refractivity contribution in [1.82, 2.24) is 4.98 Å². The monoisotopic (exact) mass is 279 g/mol. The van der Waals surface area contributed by atoms with E-state index in [0.717, 1.165) is 6.20 Å². The van der Waals surface area contributed by atoms with Gasteiger partial charge in [0.25, 0.3) is 0 Å². The van der Waals surface area contributed by atoms with Gasteiger partial charge in [-0.2, -0.15) is 13.2 Å². The lowest BCUT2D eigenvalue weighted by Gasteiger charge is -2.10. The number of alkyl halides is 3. The predicted octanol–water partition coefficient (Wildman–Crippen LogP) is 5.01. The third-order valence-electron chi connectivity index (χ3n) is 2.28. The molecule has 0 aliphatic carbocycles. The van der Waals surface area contributed by atoms with Gasteiger partial charge in [-0.15, -0.1) is 0 Å². The van der Waals surface area contributed by atoms with E-state index in [-0.39, 0.29) is 21.2 Å². The maximum absolute atomic E-state index is 12.7. The molecule has 1 aromatic carbocycles. The molecule has 0 aliphatic heterocycles. The third-order valence-corrected chi connectivity index (χ3v) is 2.91. The third kappa shape index (κ3) is 2.28. The molecule has 1 nitrogen and oxygen atoms in total. The van der Waals surface area contributed by atoms with Crippen LogP contribution in [0.3, 0.4) is 0 Å². The zero-order valence-electron chi connectivity index (χ0n) is 8.28. The van der Waals surface area contributed by atoms with Crippen molar-refractivity contribution in [3.05, 3.63) is 46.2 Å². The number of nitrogens with one attached hydrogen (secondary N) is 1. The van der Waals surface area contributed by atoms with Gasteiger partial charge in [-0.25, -0.2) is 0 Å². The van der Waals surface area contributed by atoms with Crippen LogP contribution >= 0.6 is 23.2 Å². The van der Waals surface area contributed by atoms with Crippen LogP contribution in [0.5, 0.6) is 0 Å². The number of hydrogen-bond donors (Lipinski definition) is 1. The fourth-order valence-electron chi connectivity index (χ4n) is 1.56. The summed E-state index contributed by atoms with van der Waals surface area (Å²) in [6.45, 7) is 0. The van der Waals surface area contributed by atoms with E-state index in [1.165, 1.54) is 18.3 Å². The lowest BCUT2D eigenvalue weighted by atomic mass is 10.0. The van der Waals surface area contributed by atoms with Crippen molar-refractivity contribution in [1.29, 1.82) is 0 Å². The maximum atomic E-state index is 12.7. The van der Waals surface area contributed by atoms with Gasteiger partial charge in [-0.05, 0) is 12.1 Å². The van der Waals surface area contributed by atoms with Gasteiger partial charge in [-0.3, -0.25) is 0 Å². The zero-order chi connectivity index (χ0) is 12.6. The molecule has 0 aliphatic rings. The molecule has 0 bridgehead atoms. The Balaban J connectivity index is 2.66. The lowest BCUT2D eigenvalue weighted by Crippen LogP contribution is -2.05. The fraction of sp³-hybridized carbons (Fsp3) is 0.0909. The van der Waals surface area contributed by atoms with Gasteiger partial charge in [0, 0.05) is 33.6 Å². The first-order valence-corrected chi connectivity index (χ1v) is 5.35. The Labute approximate surface area is 105 Å². The van der Waals surface area contributed by atoms with E-state index in [2.05, 4.69) is 4.98 Å². The van der Waals surface area contributed by atoms with Crippen LogP contribution in [0.1, 0.15) is 5.56 Å². The highest BCUT2D eigenvalue weighted by atomic mass is 35.5. The van der Waals surface area contributed by atoms with Crippen molar-refractivity contribution >= 4 is 23.2 Å². The summed E-state index contributed by atoms with van der Waals surface area (Å²) < 4.78 is 38.2. The quantitative estimate of drug-likeness (QED) is 0.756. The second-order valence-corrected chi connectivity index (χ2v) is 4.19. The molecule has 2 aromatic rings. The summed E-state index contributed by atoms with van der Waals surface area (Å²) in [7, 11) is 0. The fourth-order valence-corrected chi connectivity index (χ4v) is 2.16. The van der Waals surface area contributed by atoms with E-state index in [1.54, 1.807) is 6.07 Å². The SMILES string of the molecule is FC(F)(F)c1c[nH]cc1-c1c(Cl)cccc1Cl. The minimum absolute atomic E-state index is 0.0481. The van der Waals surface area contributed by atoms with Gasteiger partial charge < -0.3 is 4.98 Å². The molecule has 17 heavy (non-hydrogen) atoms. The van der Waals surface area contributed by atoms with E-state index in [1.807, 2.05) is 0 Å². The number of halogens is 5. The van der Waals surface area contributed by atoms with E-state index < -0.39 is 11.7 Å². The van der Waals surface area contributed by atoms with E-state index >= 15 is 0 Å². The average molecular weight is 280 g/mol. The minimum atomic E-state index is -4.45. The first kappa shape index (κ1) is 12.3. The molecule has 0 spiro atoms. The second kappa shape index (κ2) is 4.27. The zero-order valence-corrected chi connectivity index (χ0v) is 9.79. The molecule has 90 valence electrons. The Morgan fingerprint density at radius 1 is 1.00 bits per heavy atom. The van der Waals surface area contributed by atoms with E-state index in [9.17, 15) is 13.2 Å². The highest BCUT2D eigenvalue weighted by Gasteiger charge is 2.35. The van der Waals surface area contributed by atoms with Crippen molar-refractivity contribution in [2.75, 3.05) is 0 Å². The molecule has 1 N–H and O–H groups in total. The smallest absolute Gasteiger partial charge is 0.366 e. The molecular weight excluding hydrogens is 274 g/mol. The molecule has 0 unspecified atom stereocenters. The van der Waals surface area contributed by atoms with Crippen LogP contribution in [0.4, 0.5) is 13.2 Å². The largest absolute Gasteiger partial charge is 0.418 e. The molecule has 0 fully saturated rings. The summed E-state index contributed by atoms with van der Waals surface area (Å²) in [6.07, 6.45) is -2.33. The topological polar surface area (TPSA) is 15.8 Å². The molecule has 0 saturated heterocycles. The van der Waals surface area contributed by atoms with Crippen molar-refractivity contribution in [2.24, 2.45) is 0 Å². The summed E-state index contributed by atoms with van der Waals surface area (Å²) in [6, 6.07) is 4.57. The Bertz CT molecular complexity index is 526. The summed E-state index contributed by atoms with van der Waals surface area (Å²) >= 11 is 11.8. The van der Waals surface area contributed by atoms with Crippen LogP contribution in [0.2, 0.25) is 10.0 Å². The lowest BCUT2D eigenvalue weighted by molar-refractivity contribution is -0.137. The van der Waals surface area contributed by atoms with Gasteiger partial charge in [0.1, 0.15) is 0 Å². The van der Waals surface area contributed by atoms with E-state index in [4.69, 9.17) is 23.2 Å². The van der Waals surface area contributed by atoms with Crippen LogP contribution in [0, 0.1) is 0 Å². The summed E-state index contributed by atoms with van der Waals surface area (Å²) in [5.74, 6) is 0. The highest BCUT2D eigenvalue weighted by molar-refractivity contribution is 6.39. The van der Waals surface area contributed by atoms with E-state index in [0.29, 0.717) is 0 Å². The number of hydrogen-bond acceptors (Lipinski definition) is 0. The Kier molecular flexibility index (Phi) is 3.10. The van der Waals surface area contributed by atoms with Crippen LogP contribution < -0.4 is 0 Å². The van der Waals surface area contributed by atoms with Gasteiger partial charge in [-0.1, -0.05) is 29.3 Å². The molecular formula is C11H6Cl2F3N. The standard InChI is InChI=1S/C11H6Cl2F3N/c12-8-2-1-3-9(13)10(8)6-4-17-5-7(6)11(14,15)16/h1-5,17H. The molecule has 0 amide bonds. The van der Waals surface area contributed by atoms with Gasteiger partial charge in [0.2, 0.25) is 0 Å². The number of rotatable bonds is 1. The minimum Gasteiger partial charge on any atom is -0.366 e. The number of aromatic nitrogens is 1. The van der Waals surface area contributed by atoms with Crippen molar-refractivity contribution in [3.8, 4) is 11.1 Å². The first-order valence-electron chi connectivity index (χ1n) is 4.59. The number of H-pyrrole nitrogens is 1. The van der Waals surface area contributed by atoms with Gasteiger partial charge in [0.15, 0.2) is 0 Å². The first-order chi connectivity index (χ1) is 7.91. The van der Waals surface area contributed by atoms with Gasteiger partial charge in [0.05, 0.1) is 5.56 Å². The molecule has 0 saturated carbocycles. The predicted molar refractivity (Wildman–Crippen MR) is 61.3 cm³/mol. The molecule has 1 heterocycles. The molecule has 1 aromatic heterocycles. The van der Waals surface area contributed by atoms with Crippen LogP contribution in [-0.2, 0) is 6.18 Å². The average Bonchev–Trinajstić information content (AvgIpc) is 2.65. The normalized spacial score (nSPS) is 11.8. The van der Waals surface area contributed by atoms with Crippen molar-refractivity contribution in [3.63, 3.8) is 0 Å². The van der Waals surface area contributed by atoms with Crippen LogP contribution in [-0.4, -0.2) is 4.98 Å².